The molecule has 0 aliphatic carbocycles. The van der Waals surface area contributed by atoms with Crippen LogP contribution in [0, 0.1) is 0 Å². The smallest absolute Gasteiger partial charge is 0.376 e. The fraction of sp³-hybridized carbons (Fsp3) is 0.0189. The predicted octanol–water partition coefficient (Wildman–Crippen LogP) is 17.1. The predicted molar refractivity (Wildman–Crippen MR) is 268 cm³/mol. The summed E-state index contributed by atoms with van der Waals surface area (Å²) in [5.74, 6) is -0.460. The standard InChI is InChI=1S/C53H31F3N2O3S4/c54-53(55,56)65(59,60)61-36-30-43-42-29-35(25-27-50(42)64-52(43)46(31-36)58(33-14-2-1-3-15-33)44-20-10-13-32-12-4-5-16-37(32)44)57(34-24-26-49-41(28-34)39-18-7-8-22-47(39)62-49)45-21-11-19-40-38-17-6-9-23-48(38)63-51(40)45/h1-31H. The van der Waals surface area contributed by atoms with E-state index in [-0.39, 0.29) is 0 Å². The second-order valence-corrected chi connectivity index (χ2v) is 20.3. The van der Waals surface area contributed by atoms with Crippen LogP contribution in [0.3, 0.4) is 0 Å². The summed E-state index contributed by atoms with van der Waals surface area (Å²) in [4.78, 5) is 4.21. The molecule has 65 heavy (non-hydrogen) atoms. The number of halogens is 3. The Morgan fingerprint density at radius 2 is 0.923 bits per heavy atom. The molecule has 0 amide bonds. The van der Waals surface area contributed by atoms with Crippen LogP contribution < -0.4 is 14.0 Å². The minimum absolute atomic E-state index is 0.460. The van der Waals surface area contributed by atoms with Crippen LogP contribution in [0.25, 0.3) is 71.3 Å². The van der Waals surface area contributed by atoms with E-state index in [1.807, 2.05) is 95.9 Å². The maximum absolute atomic E-state index is 14.1. The summed E-state index contributed by atoms with van der Waals surface area (Å²) in [6.07, 6.45) is 0. The van der Waals surface area contributed by atoms with Gasteiger partial charge in [0.2, 0.25) is 0 Å². The van der Waals surface area contributed by atoms with E-state index in [0.29, 0.717) is 11.1 Å². The molecule has 12 aromatic rings. The zero-order chi connectivity index (χ0) is 44.0. The van der Waals surface area contributed by atoms with E-state index in [0.717, 1.165) is 89.6 Å². The van der Waals surface area contributed by atoms with Crippen LogP contribution in [0.2, 0.25) is 0 Å². The van der Waals surface area contributed by atoms with Crippen LogP contribution in [0.1, 0.15) is 0 Å². The Bertz CT molecular complexity index is 3970. The Hall–Kier alpha value is -6.96. The molecule has 0 atom stereocenters. The molecule has 0 unspecified atom stereocenters. The molecule has 3 aromatic heterocycles. The number of rotatable bonds is 8. The lowest BCUT2D eigenvalue weighted by Crippen LogP contribution is -2.28. The SMILES string of the molecule is O=S(=O)(Oc1cc(N(c2ccccc2)c2cccc3ccccc23)c2sc3ccc(N(c4ccc5sc6ccccc6c5c4)c4cccc5c4sc4ccccc45)cc3c2c1)C(F)(F)F. The molecule has 0 bridgehead atoms. The van der Waals surface area contributed by atoms with Crippen molar-refractivity contribution in [1.82, 2.24) is 0 Å². The summed E-state index contributed by atoms with van der Waals surface area (Å²) in [6, 6.07) is 61.8. The van der Waals surface area contributed by atoms with Crippen molar-refractivity contribution in [3.05, 3.63) is 188 Å². The summed E-state index contributed by atoms with van der Waals surface area (Å²) < 4.78 is 79.0. The minimum Gasteiger partial charge on any atom is -0.376 e. The van der Waals surface area contributed by atoms with Crippen LogP contribution >= 0.6 is 34.0 Å². The first-order valence-electron chi connectivity index (χ1n) is 20.6. The average molecular weight is 929 g/mol. The third-order valence-corrected chi connectivity index (χ3v) is 16.3. The van der Waals surface area contributed by atoms with Crippen LogP contribution in [-0.4, -0.2) is 13.9 Å². The van der Waals surface area contributed by atoms with Crippen molar-refractivity contribution in [2.45, 2.75) is 5.51 Å². The van der Waals surface area contributed by atoms with Gasteiger partial charge in [-0.3, -0.25) is 0 Å². The van der Waals surface area contributed by atoms with Crippen LogP contribution in [0.4, 0.5) is 47.3 Å². The van der Waals surface area contributed by atoms with Gasteiger partial charge in [0.1, 0.15) is 5.75 Å². The van der Waals surface area contributed by atoms with Gasteiger partial charge >= 0.3 is 15.6 Å². The van der Waals surface area contributed by atoms with Gasteiger partial charge < -0.3 is 14.0 Å². The van der Waals surface area contributed by atoms with Crippen molar-refractivity contribution in [1.29, 1.82) is 0 Å². The topological polar surface area (TPSA) is 49.9 Å². The van der Waals surface area contributed by atoms with Gasteiger partial charge in [-0.25, -0.2) is 0 Å². The first kappa shape index (κ1) is 39.6. The number of fused-ring (bicyclic) bond motifs is 10. The molecule has 0 N–H and O–H groups in total. The second-order valence-electron chi connectivity index (χ2n) is 15.6. The van der Waals surface area contributed by atoms with E-state index in [4.69, 9.17) is 4.18 Å². The number of anilines is 6. The van der Waals surface area contributed by atoms with Gasteiger partial charge in [0.05, 0.1) is 26.5 Å². The fourth-order valence-corrected chi connectivity index (χ4v) is 12.8. The van der Waals surface area contributed by atoms with Gasteiger partial charge in [-0.1, -0.05) is 103 Å². The van der Waals surface area contributed by atoms with Crippen molar-refractivity contribution in [3.63, 3.8) is 0 Å². The van der Waals surface area contributed by atoms with Crippen molar-refractivity contribution in [3.8, 4) is 5.75 Å². The summed E-state index contributed by atoms with van der Waals surface area (Å²) in [5, 5.41) is 7.70. The van der Waals surface area contributed by atoms with Gasteiger partial charge in [0, 0.05) is 79.6 Å². The number of benzene rings is 9. The molecule has 0 aliphatic heterocycles. The van der Waals surface area contributed by atoms with E-state index >= 15 is 0 Å². The van der Waals surface area contributed by atoms with Crippen molar-refractivity contribution in [2.75, 3.05) is 9.80 Å². The highest BCUT2D eigenvalue weighted by atomic mass is 32.2. The Morgan fingerprint density at radius 1 is 0.400 bits per heavy atom. The van der Waals surface area contributed by atoms with Crippen molar-refractivity contribution >= 4 is 150 Å². The molecule has 0 spiro atoms. The van der Waals surface area contributed by atoms with Crippen molar-refractivity contribution in [2.24, 2.45) is 0 Å². The summed E-state index contributed by atoms with van der Waals surface area (Å²) in [5.41, 5.74) is -1.01. The fourth-order valence-electron chi connectivity index (χ4n) is 8.93. The largest absolute Gasteiger partial charge is 0.534 e. The van der Waals surface area contributed by atoms with Gasteiger partial charge in [-0.2, -0.15) is 21.6 Å². The Labute approximate surface area is 382 Å². The van der Waals surface area contributed by atoms with Gasteiger partial charge in [-0.05, 0) is 84.2 Å². The van der Waals surface area contributed by atoms with E-state index in [1.54, 1.807) is 22.7 Å². The van der Waals surface area contributed by atoms with Crippen molar-refractivity contribution < 1.29 is 25.8 Å². The first-order chi connectivity index (χ1) is 31.6. The highest BCUT2D eigenvalue weighted by molar-refractivity contribution is 7.88. The average Bonchev–Trinajstić information content (AvgIpc) is 4.01. The second kappa shape index (κ2) is 15.1. The molecule has 0 saturated heterocycles. The maximum atomic E-state index is 14.1. The number of alkyl halides is 3. The van der Waals surface area contributed by atoms with Crippen LogP contribution in [0.5, 0.6) is 5.75 Å². The summed E-state index contributed by atoms with van der Waals surface area (Å²) >= 11 is 4.95. The van der Waals surface area contributed by atoms with E-state index in [2.05, 4.69) is 89.8 Å². The molecule has 12 heteroatoms. The summed E-state index contributed by atoms with van der Waals surface area (Å²) in [6.45, 7) is 0. The number of para-hydroxylation sites is 1. The normalized spacial score (nSPS) is 12.4. The Morgan fingerprint density at radius 3 is 1.65 bits per heavy atom. The molecule has 5 nitrogen and oxygen atoms in total. The van der Waals surface area contributed by atoms with Gasteiger partial charge in [0.15, 0.2) is 0 Å². The number of nitrogens with zero attached hydrogens (tertiary/aromatic N) is 2. The van der Waals surface area contributed by atoms with Gasteiger partial charge in [-0.15, -0.1) is 34.0 Å². The first-order valence-corrected chi connectivity index (χ1v) is 24.4. The molecule has 0 radical (unpaired) electrons. The van der Waals surface area contributed by atoms with E-state index in [1.165, 1.54) is 28.2 Å². The molecule has 0 aliphatic rings. The van der Waals surface area contributed by atoms with E-state index in [9.17, 15) is 21.6 Å². The zero-order valence-corrected chi connectivity index (χ0v) is 37.0. The number of hydrogen-bond donors (Lipinski definition) is 0. The molecule has 0 saturated carbocycles. The highest BCUT2D eigenvalue weighted by Crippen LogP contribution is 2.51. The molecular formula is C53H31F3N2O3S4. The minimum atomic E-state index is -6.04. The number of hydrogen-bond acceptors (Lipinski definition) is 8. The van der Waals surface area contributed by atoms with E-state index < -0.39 is 21.4 Å². The van der Waals surface area contributed by atoms with Gasteiger partial charge in [0.25, 0.3) is 0 Å². The third kappa shape index (κ3) is 6.58. The third-order valence-electron chi connectivity index (χ3n) is 11.8. The molecule has 12 rings (SSSR count). The lowest BCUT2D eigenvalue weighted by Gasteiger charge is -2.28. The molecule has 9 aromatic carbocycles. The lowest BCUT2D eigenvalue weighted by atomic mass is 10.0. The lowest BCUT2D eigenvalue weighted by molar-refractivity contribution is -0.0500. The summed E-state index contributed by atoms with van der Waals surface area (Å²) in [7, 11) is -6.04. The highest BCUT2D eigenvalue weighted by Gasteiger charge is 2.48. The molecular weight excluding hydrogens is 898 g/mol. The quantitative estimate of drug-likeness (QED) is 0.112. The Kier molecular flexibility index (Phi) is 9.18. The maximum Gasteiger partial charge on any atom is 0.534 e. The molecule has 316 valence electrons. The molecule has 3 heterocycles. The number of thiophene rings is 3. The zero-order valence-electron chi connectivity index (χ0n) is 33.8. The van der Waals surface area contributed by atoms with Crippen LogP contribution in [0.15, 0.2) is 188 Å². The van der Waals surface area contributed by atoms with Crippen LogP contribution in [-0.2, 0) is 10.1 Å². The molecule has 0 fully saturated rings. The monoisotopic (exact) mass is 928 g/mol. The Balaban J connectivity index is 1.14.